The summed E-state index contributed by atoms with van der Waals surface area (Å²) in [6.45, 7) is 4.34. The lowest BCUT2D eigenvalue weighted by Crippen LogP contribution is -1.91. The van der Waals surface area contributed by atoms with Crippen LogP contribution in [0.5, 0.6) is 0 Å². The van der Waals surface area contributed by atoms with Gasteiger partial charge in [0.2, 0.25) is 0 Å². The van der Waals surface area contributed by atoms with E-state index in [1.165, 1.54) is 5.56 Å². The fraction of sp³-hybridized carbons (Fsp3) is 0.125. The van der Waals surface area contributed by atoms with Crippen LogP contribution >= 0.6 is 11.3 Å². The first kappa shape index (κ1) is 18.5. The Bertz CT molecular complexity index is 1310. The number of benzene rings is 2. The molecule has 5 aromatic rings. The summed E-state index contributed by atoms with van der Waals surface area (Å²) in [7, 11) is 0. The Labute approximate surface area is 178 Å². The quantitative estimate of drug-likeness (QED) is 0.341. The smallest absolute Gasteiger partial charge is 0.300 e. The van der Waals surface area contributed by atoms with E-state index in [1.54, 1.807) is 17.5 Å². The minimum absolute atomic E-state index is 0.453. The molecule has 148 valence electrons. The van der Waals surface area contributed by atoms with Gasteiger partial charge >= 0.3 is 0 Å². The Kier molecular flexibility index (Phi) is 4.77. The highest BCUT2D eigenvalue weighted by Gasteiger charge is 2.10. The zero-order valence-corrected chi connectivity index (χ0v) is 17.5. The van der Waals surface area contributed by atoms with Gasteiger partial charge in [0.1, 0.15) is 10.5 Å². The van der Waals surface area contributed by atoms with E-state index in [9.17, 15) is 0 Å². The summed E-state index contributed by atoms with van der Waals surface area (Å²) in [5.41, 5.74) is 6.78. The summed E-state index contributed by atoms with van der Waals surface area (Å²) in [4.78, 5) is 13.5. The number of nitrogens with one attached hydrogen (secondary N) is 1. The minimum Gasteiger partial charge on any atom is -0.423 e. The van der Waals surface area contributed by atoms with Crippen molar-refractivity contribution < 1.29 is 4.42 Å². The maximum absolute atomic E-state index is 5.87. The topological polar surface area (TPSA) is 63.8 Å². The van der Waals surface area contributed by atoms with Gasteiger partial charge in [-0.1, -0.05) is 32.0 Å². The highest BCUT2D eigenvalue weighted by Crippen LogP contribution is 2.31. The molecule has 6 heteroatoms. The van der Waals surface area contributed by atoms with E-state index in [2.05, 4.69) is 52.7 Å². The lowest BCUT2D eigenvalue weighted by atomic mass is 10.0. The van der Waals surface area contributed by atoms with Crippen LogP contribution in [-0.2, 0) is 0 Å². The third-order valence-corrected chi connectivity index (χ3v) is 5.79. The SMILES string of the molecule is CC(C)c1ccc2oc(Nc3cccc(-c4csc(-c5cccnc5)n4)c3)nc2c1. The van der Waals surface area contributed by atoms with Gasteiger partial charge in [0.05, 0.1) is 5.69 Å². The molecule has 0 radical (unpaired) electrons. The largest absolute Gasteiger partial charge is 0.423 e. The van der Waals surface area contributed by atoms with Crippen molar-refractivity contribution in [2.24, 2.45) is 0 Å². The lowest BCUT2D eigenvalue weighted by molar-refractivity contribution is 0.623. The second-order valence-corrected chi connectivity index (χ2v) is 8.24. The number of fused-ring (bicyclic) bond motifs is 1. The molecule has 0 amide bonds. The molecule has 0 unspecified atom stereocenters. The molecule has 0 aliphatic rings. The van der Waals surface area contributed by atoms with Crippen molar-refractivity contribution in [3.8, 4) is 21.8 Å². The Morgan fingerprint density at radius 3 is 2.70 bits per heavy atom. The van der Waals surface area contributed by atoms with Crippen molar-refractivity contribution in [3.63, 3.8) is 0 Å². The molecule has 0 saturated carbocycles. The highest BCUT2D eigenvalue weighted by molar-refractivity contribution is 7.13. The minimum atomic E-state index is 0.453. The molecule has 0 saturated heterocycles. The van der Waals surface area contributed by atoms with E-state index >= 15 is 0 Å². The highest BCUT2D eigenvalue weighted by atomic mass is 32.1. The van der Waals surface area contributed by atoms with Gasteiger partial charge in [-0.15, -0.1) is 11.3 Å². The van der Waals surface area contributed by atoms with Crippen molar-refractivity contribution in [2.75, 3.05) is 5.32 Å². The van der Waals surface area contributed by atoms with Crippen LogP contribution in [0.1, 0.15) is 25.3 Å². The van der Waals surface area contributed by atoms with Crippen LogP contribution < -0.4 is 5.32 Å². The van der Waals surface area contributed by atoms with Gasteiger partial charge in [0, 0.05) is 34.6 Å². The van der Waals surface area contributed by atoms with Gasteiger partial charge in [-0.05, 0) is 47.9 Å². The number of hydrogen-bond acceptors (Lipinski definition) is 6. The molecule has 5 nitrogen and oxygen atoms in total. The molecule has 0 atom stereocenters. The number of hydrogen-bond donors (Lipinski definition) is 1. The molecule has 0 fully saturated rings. The molecule has 2 aromatic carbocycles. The van der Waals surface area contributed by atoms with Crippen LogP contribution in [0, 0.1) is 0 Å². The number of anilines is 2. The summed E-state index contributed by atoms with van der Waals surface area (Å²) < 4.78 is 5.87. The van der Waals surface area contributed by atoms with Gasteiger partial charge < -0.3 is 9.73 Å². The van der Waals surface area contributed by atoms with Crippen molar-refractivity contribution in [3.05, 3.63) is 77.9 Å². The van der Waals surface area contributed by atoms with E-state index in [0.717, 1.165) is 38.6 Å². The van der Waals surface area contributed by atoms with Crippen molar-refractivity contribution in [1.29, 1.82) is 0 Å². The first-order chi connectivity index (χ1) is 14.7. The molecule has 5 rings (SSSR count). The van der Waals surface area contributed by atoms with Crippen LogP contribution in [0.15, 0.2) is 76.8 Å². The lowest BCUT2D eigenvalue weighted by Gasteiger charge is -2.03. The predicted molar refractivity (Wildman–Crippen MR) is 122 cm³/mol. The number of thiazole rings is 1. The molecule has 3 aromatic heterocycles. The third-order valence-electron chi connectivity index (χ3n) is 4.90. The maximum Gasteiger partial charge on any atom is 0.300 e. The van der Waals surface area contributed by atoms with Crippen LogP contribution in [0.4, 0.5) is 11.7 Å². The number of oxazole rings is 1. The fourth-order valence-electron chi connectivity index (χ4n) is 3.26. The Morgan fingerprint density at radius 1 is 0.967 bits per heavy atom. The Morgan fingerprint density at radius 2 is 1.87 bits per heavy atom. The normalized spacial score (nSPS) is 11.3. The van der Waals surface area contributed by atoms with E-state index in [-0.39, 0.29) is 0 Å². The molecular formula is C24H20N4OS. The molecule has 30 heavy (non-hydrogen) atoms. The molecule has 3 heterocycles. The molecule has 0 bridgehead atoms. The van der Waals surface area contributed by atoms with Crippen LogP contribution in [-0.4, -0.2) is 15.0 Å². The number of rotatable bonds is 5. The summed E-state index contributed by atoms with van der Waals surface area (Å²) >= 11 is 1.61. The molecule has 0 spiro atoms. The Balaban J connectivity index is 1.40. The van der Waals surface area contributed by atoms with Gasteiger partial charge in [-0.2, -0.15) is 4.98 Å². The van der Waals surface area contributed by atoms with Crippen molar-refractivity contribution in [2.45, 2.75) is 19.8 Å². The standard InChI is InChI=1S/C24H20N4OS/c1-15(2)16-8-9-22-20(12-16)28-24(29-22)26-19-7-3-5-17(11-19)21-14-30-23(27-21)18-6-4-10-25-13-18/h3-15H,1-2H3,(H,26,28). The second kappa shape index (κ2) is 7.72. The molecule has 0 aliphatic carbocycles. The maximum atomic E-state index is 5.87. The average molecular weight is 413 g/mol. The van der Waals surface area contributed by atoms with Crippen LogP contribution in [0.2, 0.25) is 0 Å². The first-order valence-corrected chi connectivity index (χ1v) is 10.7. The van der Waals surface area contributed by atoms with Gasteiger partial charge in [0.15, 0.2) is 5.58 Å². The van der Waals surface area contributed by atoms with Crippen LogP contribution in [0.25, 0.3) is 32.9 Å². The van der Waals surface area contributed by atoms with Gasteiger partial charge in [-0.25, -0.2) is 4.98 Å². The number of pyridine rings is 1. The number of aromatic nitrogens is 3. The Hall–Kier alpha value is -3.51. The summed E-state index contributed by atoms with van der Waals surface area (Å²) in [6.07, 6.45) is 3.60. The summed E-state index contributed by atoms with van der Waals surface area (Å²) in [6, 6.07) is 18.7. The number of nitrogens with zero attached hydrogens (tertiary/aromatic N) is 3. The first-order valence-electron chi connectivity index (χ1n) is 9.79. The van der Waals surface area contributed by atoms with Gasteiger partial charge in [-0.3, -0.25) is 4.98 Å². The van der Waals surface area contributed by atoms with E-state index in [1.807, 2.05) is 42.6 Å². The summed E-state index contributed by atoms with van der Waals surface area (Å²) in [5, 5.41) is 6.30. The molecule has 1 N–H and O–H groups in total. The molecule has 0 aliphatic heterocycles. The molecular weight excluding hydrogens is 392 g/mol. The second-order valence-electron chi connectivity index (χ2n) is 7.39. The fourth-order valence-corrected chi connectivity index (χ4v) is 4.08. The van der Waals surface area contributed by atoms with Crippen molar-refractivity contribution in [1.82, 2.24) is 15.0 Å². The average Bonchev–Trinajstić information content (AvgIpc) is 3.41. The zero-order chi connectivity index (χ0) is 20.5. The van der Waals surface area contributed by atoms with E-state index in [0.29, 0.717) is 11.9 Å². The van der Waals surface area contributed by atoms with Gasteiger partial charge in [0.25, 0.3) is 6.01 Å². The summed E-state index contributed by atoms with van der Waals surface area (Å²) in [5.74, 6) is 0.453. The van der Waals surface area contributed by atoms with Crippen LogP contribution in [0.3, 0.4) is 0 Å². The zero-order valence-electron chi connectivity index (χ0n) is 16.7. The third kappa shape index (κ3) is 3.69. The van der Waals surface area contributed by atoms with E-state index in [4.69, 9.17) is 9.40 Å². The predicted octanol–water partition coefficient (Wildman–Crippen LogP) is 6.88. The van der Waals surface area contributed by atoms with Crippen molar-refractivity contribution >= 4 is 34.1 Å². The monoisotopic (exact) mass is 412 g/mol. The van der Waals surface area contributed by atoms with E-state index < -0.39 is 0 Å².